The van der Waals surface area contributed by atoms with Crippen molar-refractivity contribution in [3.8, 4) is 5.75 Å². The molecule has 0 unspecified atom stereocenters. The number of ether oxygens (including phenoxy) is 1. The number of hydrogen-bond acceptors (Lipinski definition) is 4. The van der Waals surface area contributed by atoms with Crippen LogP contribution >= 0.6 is 0 Å². The Bertz CT molecular complexity index is 782. The van der Waals surface area contributed by atoms with Crippen molar-refractivity contribution < 1.29 is 14.6 Å². The number of nitrogens with two attached hydrogens (primary N) is 1. The van der Waals surface area contributed by atoms with Gasteiger partial charge in [0.25, 0.3) is 5.91 Å². The average Bonchev–Trinajstić information content (AvgIpc) is 2.59. The monoisotopic (exact) mass is 324 g/mol. The number of nitrogens with zero attached hydrogens (tertiary/aromatic N) is 1. The second-order valence-electron chi connectivity index (χ2n) is 5.61. The van der Waals surface area contributed by atoms with Gasteiger partial charge in [0, 0.05) is 18.3 Å². The third-order valence-corrected chi connectivity index (χ3v) is 3.96. The van der Waals surface area contributed by atoms with E-state index in [4.69, 9.17) is 10.5 Å². The molecule has 124 valence electrons. The van der Waals surface area contributed by atoms with Crippen LogP contribution in [0.5, 0.6) is 5.75 Å². The van der Waals surface area contributed by atoms with Crippen molar-refractivity contribution in [2.45, 2.75) is 13.3 Å². The summed E-state index contributed by atoms with van der Waals surface area (Å²) in [5, 5.41) is 9.27. The molecule has 0 bridgehead atoms. The number of carbonyl (C=O) groups excluding carboxylic acids is 1. The molecule has 0 saturated carbocycles. The van der Waals surface area contributed by atoms with Crippen LogP contribution in [0.15, 0.2) is 48.2 Å². The molecule has 0 aliphatic carbocycles. The molecule has 1 aliphatic rings. The molecule has 1 aliphatic heterocycles. The quantitative estimate of drug-likeness (QED) is 0.669. The lowest BCUT2D eigenvalue weighted by atomic mass is 10.1. The summed E-state index contributed by atoms with van der Waals surface area (Å²) in [6.07, 6.45) is 2.67. The largest absolute Gasteiger partial charge is 0.449 e. The van der Waals surface area contributed by atoms with Crippen LogP contribution in [-0.4, -0.2) is 24.2 Å². The van der Waals surface area contributed by atoms with E-state index in [1.807, 2.05) is 24.3 Å². The molecule has 0 spiro atoms. The summed E-state index contributed by atoms with van der Waals surface area (Å²) in [6, 6.07) is 13.1. The van der Waals surface area contributed by atoms with Gasteiger partial charge in [0.2, 0.25) is 0 Å². The van der Waals surface area contributed by atoms with E-state index in [-0.39, 0.29) is 24.8 Å². The fourth-order valence-corrected chi connectivity index (χ4v) is 2.65. The summed E-state index contributed by atoms with van der Waals surface area (Å²) in [5.41, 5.74) is 9.09. The van der Waals surface area contributed by atoms with Crippen LogP contribution in [0.25, 0.3) is 6.08 Å². The molecule has 3 N–H and O–H groups in total. The Hall–Kier alpha value is -2.79. The van der Waals surface area contributed by atoms with Crippen LogP contribution < -0.4 is 15.4 Å². The predicted octanol–water partition coefficient (Wildman–Crippen LogP) is 2.59. The van der Waals surface area contributed by atoms with Crippen molar-refractivity contribution >= 4 is 23.4 Å². The molecule has 0 radical (unpaired) electrons. The number of hydrogen-bond donors (Lipinski definition) is 2. The molecule has 5 heteroatoms. The van der Waals surface area contributed by atoms with E-state index in [0.29, 0.717) is 17.1 Å². The lowest BCUT2D eigenvalue weighted by Gasteiger charge is -2.30. The molecule has 24 heavy (non-hydrogen) atoms. The molecule has 0 atom stereocenters. The molecular formula is C19H20N2O3. The first-order valence-corrected chi connectivity index (χ1v) is 7.93. The summed E-state index contributed by atoms with van der Waals surface area (Å²) in [7, 11) is 0. The average molecular weight is 324 g/mol. The van der Waals surface area contributed by atoms with E-state index in [1.54, 1.807) is 24.3 Å². The normalized spacial score (nSPS) is 15.3. The van der Waals surface area contributed by atoms with Gasteiger partial charge in [-0.25, -0.2) is 0 Å². The third kappa shape index (κ3) is 3.12. The summed E-state index contributed by atoms with van der Waals surface area (Å²) in [6.45, 7) is 2.16. The zero-order valence-corrected chi connectivity index (χ0v) is 13.5. The SMILES string of the molecule is CCc1ccc(/C=C2/Oc3cc(N)ccc3N(CCO)C2=O)cc1. The van der Waals surface area contributed by atoms with E-state index < -0.39 is 0 Å². The number of β-amino-alcohol motifs (C(OH)–C–C–N with tert-alkyl or cyclic N) is 1. The number of fused-ring (bicyclic) bond motifs is 1. The minimum atomic E-state index is -0.277. The second-order valence-corrected chi connectivity index (χ2v) is 5.61. The van der Waals surface area contributed by atoms with Crippen molar-refractivity contribution in [1.82, 2.24) is 0 Å². The van der Waals surface area contributed by atoms with E-state index in [1.165, 1.54) is 10.5 Å². The van der Waals surface area contributed by atoms with Crippen LogP contribution in [-0.2, 0) is 11.2 Å². The van der Waals surface area contributed by atoms with E-state index in [9.17, 15) is 9.90 Å². The van der Waals surface area contributed by atoms with Gasteiger partial charge < -0.3 is 15.6 Å². The van der Waals surface area contributed by atoms with Crippen molar-refractivity contribution in [2.75, 3.05) is 23.8 Å². The van der Waals surface area contributed by atoms with Gasteiger partial charge in [-0.2, -0.15) is 0 Å². The Morgan fingerprint density at radius 1 is 1.21 bits per heavy atom. The highest BCUT2D eigenvalue weighted by Crippen LogP contribution is 2.37. The Morgan fingerprint density at radius 3 is 2.62 bits per heavy atom. The van der Waals surface area contributed by atoms with Crippen LogP contribution in [0.2, 0.25) is 0 Å². The van der Waals surface area contributed by atoms with Gasteiger partial charge in [0.05, 0.1) is 12.3 Å². The number of rotatable bonds is 4. The molecule has 5 nitrogen and oxygen atoms in total. The van der Waals surface area contributed by atoms with Gasteiger partial charge >= 0.3 is 0 Å². The van der Waals surface area contributed by atoms with Gasteiger partial charge in [-0.3, -0.25) is 9.69 Å². The molecule has 1 heterocycles. The standard InChI is InChI=1S/C19H20N2O3/c1-2-13-3-5-14(6-4-13)11-18-19(23)21(9-10-22)16-8-7-15(20)12-17(16)24-18/h3-8,11-12,22H,2,9-10,20H2,1H3/b18-11+. The fourth-order valence-electron chi connectivity index (χ4n) is 2.65. The van der Waals surface area contributed by atoms with Gasteiger partial charge in [-0.05, 0) is 35.8 Å². The molecule has 1 amide bonds. The zero-order chi connectivity index (χ0) is 17.1. The lowest BCUT2D eigenvalue weighted by molar-refractivity contribution is -0.117. The number of amides is 1. The first-order valence-electron chi connectivity index (χ1n) is 7.93. The number of aliphatic hydroxyl groups excluding tert-OH is 1. The van der Waals surface area contributed by atoms with Crippen LogP contribution in [0.4, 0.5) is 11.4 Å². The highest BCUT2D eigenvalue weighted by atomic mass is 16.5. The van der Waals surface area contributed by atoms with Crippen molar-refractivity contribution in [3.63, 3.8) is 0 Å². The van der Waals surface area contributed by atoms with Gasteiger partial charge in [0.1, 0.15) is 0 Å². The number of benzene rings is 2. The lowest BCUT2D eigenvalue weighted by Crippen LogP contribution is -2.39. The third-order valence-electron chi connectivity index (χ3n) is 3.96. The van der Waals surface area contributed by atoms with Crippen LogP contribution in [0.3, 0.4) is 0 Å². The van der Waals surface area contributed by atoms with Gasteiger partial charge in [-0.1, -0.05) is 31.2 Å². The fraction of sp³-hybridized carbons (Fsp3) is 0.211. The topological polar surface area (TPSA) is 75.8 Å². The number of anilines is 2. The molecule has 2 aromatic carbocycles. The van der Waals surface area contributed by atoms with Crippen molar-refractivity contribution in [1.29, 1.82) is 0 Å². The van der Waals surface area contributed by atoms with Crippen LogP contribution in [0.1, 0.15) is 18.1 Å². The van der Waals surface area contributed by atoms with Crippen molar-refractivity contribution in [3.05, 3.63) is 59.4 Å². The summed E-state index contributed by atoms with van der Waals surface area (Å²) >= 11 is 0. The number of nitrogen functional groups attached to an aromatic ring is 1. The molecule has 0 saturated heterocycles. The first-order chi connectivity index (χ1) is 11.6. The Morgan fingerprint density at radius 2 is 1.96 bits per heavy atom. The van der Waals surface area contributed by atoms with Gasteiger partial charge in [0.15, 0.2) is 11.5 Å². The maximum Gasteiger partial charge on any atom is 0.294 e. The highest BCUT2D eigenvalue weighted by Gasteiger charge is 2.30. The number of aliphatic hydroxyl groups is 1. The molecule has 0 aromatic heterocycles. The Kier molecular flexibility index (Phi) is 4.53. The summed E-state index contributed by atoms with van der Waals surface area (Å²) in [5.74, 6) is 0.450. The second kappa shape index (κ2) is 6.76. The summed E-state index contributed by atoms with van der Waals surface area (Å²) < 4.78 is 5.77. The molecular weight excluding hydrogens is 304 g/mol. The first kappa shape index (κ1) is 16.1. The minimum Gasteiger partial charge on any atom is -0.449 e. The Balaban J connectivity index is 1.99. The van der Waals surface area contributed by atoms with Crippen molar-refractivity contribution in [2.24, 2.45) is 0 Å². The number of aryl methyl sites for hydroxylation is 1. The molecule has 2 aromatic rings. The van der Waals surface area contributed by atoms with E-state index in [2.05, 4.69) is 6.92 Å². The zero-order valence-electron chi connectivity index (χ0n) is 13.5. The highest BCUT2D eigenvalue weighted by molar-refractivity contribution is 6.10. The van der Waals surface area contributed by atoms with E-state index >= 15 is 0 Å². The smallest absolute Gasteiger partial charge is 0.294 e. The minimum absolute atomic E-state index is 0.131. The molecule has 3 rings (SSSR count). The summed E-state index contributed by atoms with van der Waals surface area (Å²) in [4.78, 5) is 14.2. The predicted molar refractivity (Wildman–Crippen MR) is 94.7 cm³/mol. The molecule has 0 fully saturated rings. The number of carbonyl (C=O) groups is 1. The Labute approximate surface area is 141 Å². The maximum absolute atomic E-state index is 12.7. The van der Waals surface area contributed by atoms with Crippen LogP contribution in [0, 0.1) is 0 Å². The van der Waals surface area contributed by atoms with Gasteiger partial charge in [-0.15, -0.1) is 0 Å². The van der Waals surface area contributed by atoms with E-state index in [0.717, 1.165) is 12.0 Å². The maximum atomic E-state index is 12.7.